The molecular weight excluding hydrogens is 681 g/mol. The molecule has 0 aliphatic heterocycles. The lowest BCUT2D eigenvalue weighted by Crippen LogP contribution is -2.42. The Hall–Kier alpha value is -3.46. The molecule has 0 fully saturated rings. The molecule has 2 aliphatic carbocycles. The summed E-state index contributed by atoms with van der Waals surface area (Å²) in [6, 6.07) is 33.3. The molecule has 292 valence electrons. The highest BCUT2D eigenvalue weighted by molar-refractivity contribution is 6.82. The minimum absolute atomic E-state index is 0.0609. The van der Waals surface area contributed by atoms with Gasteiger partial charge in [0.25, 0.3) is 0 Å². The maximum Gasteiger partial charge on any atom is 0.0722 e. The topological polar surface area (TPSA) is 9.23 Å². The molecule has 0 heterocycles. The third-order valence-corrected chi connectivity index (χ3v) is 17.0. The first-order chi connectivity index (χ1) is 25.8. The second-order valence-electron chi connectivity index (χ2n) is 20.3. The standard InChI is InChI=1S/C53H70OSi/c1-14-37-35-47-43(38-26-30-40(31-27-38)51(3,4)5)22-19-24-45(47)50(37)55(12,13)49-36(2)42(21-17-15-16-18-34-54-53(9,10)11)48-44(23-20-25-46(48)49)39-28-32-41(33-29-39)52(6,7)8/h19-20,22-33,35,49-50H,14-18,21,34H2,1-13H3. The molecule has 2 aliphatic rings. The normalized spacial score (nSPS) is 17.4. The molecule has 0 saturated carbocycles. The Morgan fingerprint density at radius 3 is 1.67 bits per heavy atom. The van der Waals surface area contributed by atoms with E-state index >= 15 is 0 Å². The zero-order valence-electron chi connectivity index (χ0n) is 36.7. The van der Waals surface area contributed by atoms with Crippen molar-refractivity contribution < 1.29 is 4.74 Å². The maximum absolute atomic E-state index is 6.05. The number of unbranched alkanes of at least 4 members (excludes halogenated alkanes) is 3. The summed E-state index contributed by atoms with van der Waals surface area (Å²) in [5, 5.41) is 0. The first-order valence-electron chi connectivity index (χ1n) is 21.3. The van der Waals surface area contributed by atoms with Crippen LogP contribution in [0.3, 0.4) is 0 Å². The van der Waals surface area contributed by atoms with Gasteiger partial charge in [-0.05, 0) is 125 Å². The molecule has 0 aromatic heterocycles. The number of benzene rings is 4. The largest absolute Gasteiger partial charge is 0.376 e. The minimum Gasteiger partial charge on any atom is -0.376 e. The van der Waals surface area contributed by atoms with Crippen molar-refractivity contribution >= 4 is 19.7 Å². The molecule has 2 unspecified atom stereocenters. The van der Waals surface area contributed by atoms with E-state index in [1.165, 1.54) is 63.8 Å². The Kier molecular flexibility index (Phi) is 11.8. The molecule has 0 bridgehead atoms. The predicted molar refractivity (Wildman–Crippen MR) is 244 cm³/mol. The van der Waals surface area contributed by atoms with E-state index in [0.29, 0.717) is 11.1 Å². The van der Waals surface area contributed by atoms with Crippen LogP contribution in [-0.2, 0) is 15.6 Å². The second-order valence-corrected chi connectivity index (χ2v) is 25.1. The van der Waals surface area contributed by atoms with Gasteiger partial charge in [0.2, 0.25) is 0 Å². The van der Waals surface area contributed by atoms with E-state index in [1.54, 1.807) is 27.8 Å². The van der Waals surface area contributed by atoms with Crippen molar-refractivity contribution in [3.05, 3.63) is 129 Å². The summed E-state index contributed by atoms with van der Waals surface area (Å²) in [5.41, 5.74) is 20.4. The monoisotopic (exact) mass is 751 g/mol. The first-order valence-corrected chi connectivity index (χ1v) is 24.5. The number of hydrogen-bond acceptors (Lipinski definition) is 1. The summed E-state index contributed by atoms with van der Waals surface area (Å²) >= 11 is 0. The molecule has 0 spiro atoms. The molecule has 0 radical (unpaired) electrons. The van der Waals surface area contributed by atoms with Crippen LogP contribution in [0.5, 0.6) is 0 Å². The Bertz CT molecular complexity index is 2030. The van der Waals surface area contributed by atoms with Crippen LogP contribution in [0.1, 0.15) is 159 Å². The van der Waals surface area contributed by atoms with E-state index in [9.17, 15) is 0 Å². The Morgan fingerprint density at radius 2 is 1.13 bits per heavy atom. The van der Waals surface area contributed by atoms with Crippen LogP contribution in [0.2, 0.25) is 13.1 Å². The molecule has 6 rings (SSSR count). The average Bonchev–Trinajstić information content (AvgIpc) is 3.65. The summed E-state index contributed by atoms with van der Waals surface area (Å²) in [7, 11) is -2.07. The van der Waals surface area contributed by atoms with Gasteiger partial charge >= 0.3 is 0 Å². The van der Waals surface area contributed by atoms with Gasteiger partial charge in [0, 0.05) is 17.7 Å². The highest BCUT2D eigenvalue weighted by Gasteiger charge is 2.49. The van der Waals surface area contributed by atoms with E-state index in [-0.39, 0.29) is 16.4 Å². The van der Waals surface area contributed by atoms with E-state index in [4.69, 9.17) is 4.74 Å². The van der Waals surface area contributed by atoms with E-state index in [2.05, 4.69) is 180 Å². The summed E-state index contributed by atoms with van der Waals surface area (Å²) in [4.78, 5) is 0. The Labute approximate surface area is 336 Å². The SMILES string of the molecule is CCC1=Cc2c(-c3ccc(C(C)(C)C)cc3)cccc2C1[Si](C)(C)C1C(C)=C(CCCCCCOC(C)(C)C)c2c(-c3ccc(C(C)(C)C)cc3)cccc21. The fraction of sp³-hybridized carbons (Fsp3) is 0.472. The van der Waals surface area contributed by atoms with Gasteiger partial charge in [-0.15, -0.1) is 0 Å². The van der Waals surface area contributed by atoms with E-state index in [1.807, 2.05) is 0 Å². The highest BCUT2D eigenvalue weighted by Crippen LogP contribution is 2.57. The van der Waals surface area contributed by atoms with Crippen molar-refractivity contribution in [1.82, 2.24) is 0 Å². The van der Waals surface area contributed by atoms with Crippen molar-refractivity contribution in [3.63, 3.8) is 0 Å². The molecule has 0 saturated heterocycles. The lowest BCUT2D eigenvalue weighted by Gasteiger charge is -2.39. The van der Waals surface area contributed by atoms with Crippen LogP contribution in [0.25, 0.3) is 33.9 Å². The number of allylic oxidation sites excluding steroid dienone is 3. The highest BCUT2D eigenvalue weighted by atomic mass is 28.3. The van der Waals surface area contributed by atoms with Gasteiger partial charge in [0.1, 0.15) is 0 Å². The van der Waals surface area contributed by atoms with Gasteiger partial charge in [-0.1, -0.05) is 177 Å². The van der Waals surface area contributed by atoms with Crippen LogP contribution < -0.4 is 0 Å². The summed E-state index contributed by atoms with van der Waals surface area (Å²) in [6.45, 7) is 31.5. The van der Waals surface area contributed by atoms with Crippen LogP contribution >= 0.6 is 0 Å². The number of fused-ring (bicyclic) bond motifs is 2. The summed E-state index contributed by atoms with van der Waals surface area (Å²) < 4.78 is 6.05. The summed E-state index contributed by atoms with van der Waals surface area (Å²) in [5.74, 6) is 0. The third-order valence-electron chi connectivity index (χ3n) is 12.6. The minimum atomic E-state index is -2.07. The predicted octanol–water partition coefficient (Wildman–Crippen LogP) is 15.6. The molecule has 2 heteroatoms. The average molecular weight is 751 g/mol. The van der Waals surface area contributed by atoms with Gasteiger partial charge in [-0.25, -0.2) is 0 Å². The van der Waals surface area contributed by atoms with E-state index < -0.39 is 8.07 Å². The number of rotatable bonds is 12. The maximum atomic E-state index is 6.05. The lowest BCUT2D eigenvalue weighted by atomic mass is 9.85. The van der Waals surface area contributed by atoms with Crippen molar-refractivity contribution in [1.29, 1.82) is 0 Å². The fourth-order valence-electron chi connectivity index (χ4n) is 9.78. The van der Waals surface area contributed by atoms with Crippen molar-refractivity contribution in [2.45, 2.75) is 155 Å². The van der Waals surface area contributed by atoms with Gasteiger partial charge in [0.15, 0.2) is 0 Å². The van der Waals surface area contributed by atoms with Crippen LogP contribution in [0, 0.1) is 0 Å². The van der Waals surface area contributed by atoms with Crippen LogP contribution in [0.4, 0.5) is 0 Å². The fourth-order valence-corrected chi connectivity index (χ4v) is 14.7. The van der Waals surface area contributed by atoms with Crippen molar-refractivity contribution in [3.8, 4) is 22.3 Å². The van der Waals surface area contributed by atoms with Gasteiger partial charge < -0.3 is 4.74 Å². The zero-order chi connectivity index (χ0) is 39.9. The molecule has 2 atom stereocenters. The van der Waals surface area contributed by atoms with Crippen LogP contribution in [-0.4, -0.2) is 20.3 Å². The van der Waals surface area contributed by atoms with Gasteiger partial charge in [-0.2, -0.15) is 0 Å². The molecule has 4 aromatic rings. The molecule has 0 amide bonds. The zero-order valence-corrected chi connectivity index (χ0v) is 37.7. The molecule has 1 nitrogen and oxygen atoms in total. The quantitative estimate of drug-likeness (QED) is 0.103. The Balaban J connectivity index is 1.39. The van der Waals surface area contributed by atoms with Gasteiger partial charge in [-0.3, -0.25) is 0 Å². The van der Waals surface area contributed by atoms with Crippen molar-refractivity contribution in [2.75, 3.05) is 6.61 Å². The van der Waals surface area contributed by atoms with Crippen LogP contribution in [0.15, 0.2) is 96.1 Å². The first kappa shape index (κ1) is 41.2. The van der Waals surface area contributed by atoms with Gasteiger partial charge in [0.05, 0.1) is 13.7 Å². The molecule has 0 N–H and O–H groups in total. The molecule has 55 heavy (non-hydrogen) atoms. The number of ether oxygens (including phenoxy) is 1. The number of hydrogen-bond donors (Lipinski definition) is 0. The summed E-state index contributed by atoms with van der Waals surface area (Å²) in [6.07, 6.45) is 9.64. The van der Waals surface area contributed by atoms with Crippen molar-refractivity contribution in [2.24, 2.45) is 0 Å². The smallest absolute Gasteiger partial charge is 0.0722 e. The third kappa shape index (κ3) is 8.62. The van der Waals surface area contributed by atoms with E-state index in [0.717, 1.165) is 25.9 Å². The lowest BCUT2D eigenvalue weighted by molar-refractivity contribution is -0.00473. The molecular formula is C53H70OSi. The molecule has 4 aromatic carbocycles. The Morgan fingerprint density at radius 1 is 0.600 bits per heavy atom. The second kappa shape index (κ2) is 15.8.